The van der Waals surface area contributed by atoms with Crippen LogP contribution in [-0.4, -0.2) is 41.9 Å². The Hall–Kier alpha value is -2.90. The molecular weight excluding hydrogens is 434 g/mol. The average molecular weight is 456 g/mol. The van der Waals surface area contributed by atoms with Crippen LogP contribution >= 0.6 is 22.9 Å². The highest BCUT2D eigenvalue weighted by Crippen LogP contribution is 2.28. The lowest BCUT2D eigenvalue weighted by atomic mass is 9.96. The van der Waals surface area contributed by atoms with Crippen molar-refractivity contribution in [1.29, 1.82) is 0 Å². The Balaban J connectivity index is 1.38. The topological polar surface area (TPSA) is 71.5 Å². The van der Waals surface area contributed by atoms with Gasteiger partial charge in [0.05, 0.1) is 18.7 Å². The molecule has 1 atom stereocenters. The standard InChI is InChI=1S/C23H22ClN3O3S/c1-30-19-10-6-15(7-11-19)20-14-31-23(25-20)26-21(28)17-3-2-12-27(13-17)22(29)16-4-8-18(24)9-5-16/h4-11,14,17H,2-3,12-13H2,1H3,(H,25,26,28)/t17-/m1/s1. The predicted octanol–water partition coefficient (Wildman–Crippen LogP) is 4.96. The molecule has 8 heteroatoms. The van der Waals surface area contributed by atoms with Gasteiger partial charge in [0.2, 0.25) is 5.91 Å². The highest BCUT2D eigenvalue weighted by molar-refractivity contribution is 7.14. The molecule has 0 radical (unpaired) electrons. The number of carbonyl (C=O) groups is 2. The van der Waals surface area contributed by atoms with Crippen LogP contribution in [0.5, 0.6) is 5.75 Å². The number of likely N-dealkylation sites (tertiary alicyclic amines) is 1. The summed E-state index contributed by atoms with van der Waals surface area (Å²) in [6.45, 7) is 1.04. The molecule has 31 heavy (non-hydrogen) atoms. The lowest BCUT2D eigenvalue weighted by molar-refractivity contribution is -0.121. The highest BCUT2D eigenvalue weighted by Gasteiger charge is 2.29. The van der Waals surface area contributed by atoms with Crippen molar-refractivity contribution in [1.82, 2.24) is 9.88 Å². The number of nitrogens with zero attached hydrogens (tertiary/aromatic N) is 2. The van der Waals surface area contributed by atoms with Crippen molar-refractivity contribution in [3.8, 4) is 17.0 Å². The van der Waals surface area contributed by atoms with Gasteiger partial charge in [-0.05, 0) is 61.4 Å². The third-order valence-electron chi connectivity index (χ3n) is 5.29. The van der Waals surface area contributed by atoms with E-state index in [0.717, 1.165) is 29.8 Å². The summed E-state index contributed by atoms with van der Waals surface area (Å²) in [6.07, 6.45) is 1.53. The molecule has 1 aliphatic heterocycles. The number of halogens is 1. The van der Waals surface area contributed by atoms with Crippen LogP contribution in [-0.2, 0) is 4.79 Å². The molecule has 0 aliphatic carbocycles. The summed E-state index contributed by atoms with van der Waals surface area (Å²) >= 11 is 7.29. The van der Waals surface area contributed by atoms with E-state index in [0.29, 0.717) is 28.8 Å². The van der Waals surface area contributed by atoms with Crippen LogP contribution in [0.25, 0.3) is 11.3 Å². The van der Waals surface area contributed by atoms with Gasteiger partial charge in [-0.15, -0.1) is 11.3 Å². The van der Waals surface area contributed by atoms with Gasteiger partial charge < -0.3 is 15.0 Å². The zero-order valence-corrected chi connectivity index (χ0v) is 18.6. The maximum atomic E-state index is 12.8. The van der Waals surface area contributed by atoms with Gasteiger partial charge in [-0.2, -0.15) is 0 Å². The van der Waals surface area contributed by atoms with Crippen molar-refractivity contribution in [3.05, 3.63) is 64.5 Å². The number of carbonyl (C=O) groups excluding carboxylic acids is 2. The van der Waals surface area contributed by atoms with Crippen molar-refractivity contribution in [2.24, 2.45) is 5.92 Å². The Morgan fingerprint density at radius 1 is 1.16 bits per heavy atom. The maximum absolute atomic E-state index is 12.8. The SMILES string of the molecule is COc1ccc(-c2csc(NC(=O)[C@@H]3CCCN(C(=O)c4ccc(Cl)cc4)C3)n2)cc1. The van der Waals surface area contributed by atoms with Crippen molar-refractivity contribution in [2.75, 3.05) is 25.5 Å². The number of benzene rings is 2. The van der Waals surface area contributed by atoms with E-state index in [9.17, 15) is 9.59 Å². The first-order valence-electron chi connectivity index (χ1n) is 9.99. The lowest BCUT2D eigenvalue weighted by Crippen LogP contribution is -2.43. The molecule has 1 aliphatic rings. The number of methoxy groups -OCH3 is 1. The number of amides is 2. The van der Waals surface area contributed by atoms with Crippen molar-refractivity contribution >= 4 is 39.9 Å². The summed E-state index contributed by atoms with van der Waals surface area (Å²) in [6, 6.07) is 14.4. The van der Waals surface area contributed by atoms with Crippen LogP contribution in [0.4, 0.5) is 5.13 Å². The largest absolute Gasteiger partial charge is 0.497 e. The Kier molecular flexibility index (Phi) is 6.53. The molecule has 160 valence electrons. The minimum Gasteiger partial charge on any atom is -0.497 e. The molecule has 2 amide bonds. The Morgan fingerprint density at radius 3 is 2.61 bits per heavy atom. The van der Waals surface area contributed by atoms with Gasteiger partial charge in [-0.25, -0.2) is 4.98 Å². The van der Waals surface area contributed by atoms with E-state index in [1.807, 2.05) is 29.6 Å². The van der Waals surface area contributed by atoms with E-state index in [4.69, 9.17) is 16.3 Å². The smallest absolute Gasteiger partial charge is 0.253 e. The molecule has 1 aromatic heterocycles. The van der Waals surface area contributed by atoms with Gasteiger partial charge in [-0.3, -0.25) is 9.59 Å². The average Bonchev–Trinajstić information content (AvgIpc) is 3.27. The number of nitrogens with one attached hydrogen (secondary N) is 1. The van der Waals surface area contributed by atoms with Crippen LogP contribution < -0.4 is 10.1 Å². The van der Waals surface area contributed by atoms with Gasteiger partial charge in [0, 0.05) is 34.6 Å². The van der Waals surface area contributed by atoms with Crippen LogP contribution in [0, 0.1) is 5.92 Å². The molecule has 2 heterocycles. The fraction of sp³-hybridized carbons (Fsp3) is 0.261. The predicted molar refractivity (Wildman–Crippen MR) is 123 cm³/mol. The second-order valence-electron chi connectivity index (χ2n) is 7.35. The molecule has 1 fully saturated rings. The molecule has 0 saturated carbocycles. The van der Waals surface area contributed by atoms with Crippen LogP contribution in [0.15, 0.2) is 53.9 Å². The number of hydrogen-bond acceptors (Lipinski definition) is 5. The maximum Gasteiger partial charge on any atom is 0.253 e. The summed E-state index contributed by atoms with van der Waals surface area (Å²) in [4.78, 5) is 31.9. The normalized spacial score (nSPS) is 16.1. The number of aromatic nitrogens is 1. The van der Waals surface area contributed by atoms with E-state index < -0.39 is 0 Å². The number of thiazole rings is 1. The summed E-state index contributed by atoms with van der Waals surface area (Å²) in [7, 11) is 1.63. The number of hydrogen-bond donors (Lipinski definition) is 1. The third-order valence-corrected chi connectivity index (χ3v) is 6.30. The fourth-order valence-corrected chi connectivity index (χ4v) is 4.43. The third kappa shape index (κ3) is 5.06. The van der Waals surface area contributed by atoms with Crippen molar-refractivity contribution in [3.63, 3.8) is 0 Å². The Labute approximate surface area is 189 Å². The fourth-order valence-electron chi connectivity index (χ4n) is 3.58. The van der Waals surface area contributed by atoms with E-state index in [1.54, 1.807) is 36.3 Å². The number of ether oxygens (including phenoxy) is 1. The van der Waals surface area contributed by atoms with Crippen molar-refractivity contribution in [2.45, 2.75) is 12.8 Å². The number of rotatable bonds is 5. The van der Waals surface area contributed by atoms with Crippen LogP contribution in [0.3, 0.4) is 0 Å². The van der Waals surface area contributed by atoms with E-state index in [1.165, 1.54) is 11.3 Å². The van der Waals surface area contributed by atoms with Gasteiger partial charge >= 0.3 is 0 Å². The monoisotopic (exact) mass is 455 g/mol. The molecule has 0 spiro atoms. The summed E-state index contributed by atoms with van der Waals surface area (Å²) in [5.74, 6) is 0.329. The van der Waals surface area contributed by atoms with Gasteiger partial charge in [0.25, 0.3) is 5.91 Å². The minimum absolute atomic E-state index is 0.0785. The first kappa shape index (κ1) is 21.3. The van der Waals surface area contributed by atoms with Gasteiger partial charge in [-0.1, -0.05) is 11.6 Å². The van der Waals surface area contributed by atoms with Crippen LogP contribution in [0.2, 0.25) is 5.02 Å². The minimum atomic E-state index is -0.265. The first-order chi connectivity index (χ1) is 15.0. The molecule has 3 aromatic rings. The molecule has 6 nitrogen and oxygen atoms in total. The zero-order chi connectivity index (χ0) is 21.8. The first-order valence-corrected chi connectivity index (χ1v) is 11.2. The van der Waals surface area contributed by atoms with Gasteiger partial charge in [0.1, 0.15) is 5.75 Å². The van der Waals surface area contributed by atoms with Gasteiger partial charge in [0.15, 0.2) is 5.13 Å². The molecule has 1 N–H and O–H groups in total. The second kappa shape index (κ2) is 9.49. The summed E-state index contributed by atoms with van der Waals surface area (Å²) in [5, 5.41) is 5.97. The number of piperidine rings is 1. The molecule has 4 rings (SSSR count). The zero-order valence-electron chi connectivity index (χ0n) is 17.0. The summed E-state index contributed by atoms with van der Waals surface area (Å²) in [5.41, 5.74) is 2.33. The van der Waals surface area contributed by atoms with Crippen molar-refractivity contribution < 1.29 is 14.3 Å². The highest BCUT2D eigenvalue weighted by atomic mass is 35.5. The van der Waals surface area contributed by atoms with E-state index >= 15 is 0 Å². The second-order valence-corrected chi connectivity index (χ2v) is 8.65. The quantitative estimate of drug-likeness (QED) is 0.590. The molecule has 0 bridgehead atoms. The summed E-state index contributed by atoms with van der Waals surface area (Å²) < 4.78 is 5.18. The molecule has 0 unspecified atom stereocenters. The van der Waals surface area contributed by atoms with E-state index in [-0.39, 0.29) is 17.7 Å². The Bertz CT molecular complexity index is 1070. The number of anilines is 1. The molecular formula is C23H22ClN3O3S. The van der Waals surface area contributed by atoms with E-state index in [2.05, 4.69) is 10.3 Å². The Morgan fingerprint density at radius 2 is 1.90 bits per heavy atom. The molecule has 1 saturated heterocycles. The van der Waals surface area contributed by atoms with Crippen LogP contribution in [0.1, 0.15) is 23.2 Å². The molecule has 2 aromatic carbocycles. The lowest BCUT2D eigenvalue weighted by Gasteiger charge is -2.32.